The van der Waals surface area contributed by atoms with E-state index in [1.165, 1.54) is 0 Å². The van der Waals surface area contributed by atoms with Crippen molar-refractivity contribution < 1.29 is 9.53 Å². The molecular weight excluding hydrogens is 302 g/mol. The molecule has 0 saturated carbocycles. The van der Waals surface area contributed by atoms with Gasteiger partial charge in [0.2, 0.25) is 5.91 Å². The van der Waals surface area contributed by atoms with Crippen LogP contribution in [0.25, 0.3) is 0 Å². The van der Waals surface area contributed by atoms with Gasteiger partial charge in [-0.05, 0) is 32.0 Å². The molecule has 0 aliphatic rings. The molecule has 0 aliphatic carbocycles. The van der Waals surface area contributed by atoms with E-state index in [1.807, 2.05) is 31.2 Å². The summed E-state index contributed by atoms with van der Waals surface area (Å²) >= 11 is 0. The molecule has 1 amide bonds. The van der Waals surface area contributed by atoms with E-state index in [-0.39, 0.29) is 11.9 Å². The number of ether oxygens (including phenoxy) is 1. The van der Waals surface area contributed by atoms with Crippen molar-refractivity contribution in [3.8, 4) is 11.8 Å². The van der Waals surface area contributed by atoms with Crippen LogP contribution in [0.15, 0.2) is 48.5 Å². The summed E-state index contributed by atoms with van der Waals surface area (Å²) in [6.45, 7) is 3.76. The largest absolute Gasteiger partial charge is 0.496 e. The number of nitriles is 1. The Kier molecular flexibility index (Phi) is 5.94. The summed E-state index contributed by atoms with van der Waals surface area (Å²) in [4.78, 5) is 12.4. The van der Waals surface area contributed by atoms with Gasteiger partial charge in [0.05, 0.1) is 24.4 Å². The Labute approximate surface area is 142 Å². The predicted octanol–water partition coefficient (Wildman–Crippen LogP) is 3.24. The third-order valence-electron chi connectivity index (χ3n) is 3.80. The highest BCUT2D eigenvalue weighted by Gasteiger charge is 2.19. The van der Waals surface area contributed by atoms with Crippen molar-refractivity contribution >= 4 is 11.6 Å². The molecule has 0 radical (unpaired) electrons. The van der Waals surface area contributed by atoms with Crippen LogP contribution in [0.5, 0.6) is 5.75 Å². The normalized spacial score (nSPS) is 12.8. The molecule has 2 aromatic rings. The number of carbonyl (C=O) groups excluding carboxylic acids is 1. The quantitative estimate of drug-likeness (QED) is 0.856. The van der Waals surface area contributed by atoms with E-state index in [9.17, 15) is 4.79 Å². The van der Waals surface area contributed by atoms with Crippen LogP contribution in [0.2, 0.25) is 0 Å². The van der Waals surface area contributed by atoms with Crippen molar-refractivity contribution in [1.29, 1.82) is 5.26 Å². The van der Waals surface area contributed by atoms with E-state index in [2.05, 4.69) is 16.7 Å². The van der Waals surface area contributed by atoms with Gasteiger partial charge in [-0.2, -0.15) is 5.26 Å². The van der Waals surface area contributed by atoms with Crippen molar-refractivity contribution in [2.24, 2.45) is 0 Å². The molecule has 2 atom stereocenters. The fourth-order valence-corrected chi connectivity index (χ4v) is 2.50. The topological polar surface area (TPSA) is 74.2 Å². The Bertz CT molecular complexity index is 752. The second kappa shape index (κ2) is 8.14. The SMILES string of the molecule is COc1ccccc1C(C)NC(C)C(=O)Nc1ccccc1C#N. The number of hydrogen-bond donors (Lipinski definition) is 2. The molecule has 124 valence electrons. The second-order valence-corrected chi connectivity index (χ2v) is 5.50. The Morgan fingerprint density at radius 3 is 2.50 bits per heavy atom. The molecule has 0 heterocycles. The molecular formula is C19H21N3O2. The molecule has 5 nitrogen and oxygen atoms in total. The Morgan fingerprint density at radius 1 is 1.12 bits per heavy atom. The number of carbonyl (C=O) groups is 1. The maximum absolute atomic E-state index is 12.4. The van der Waals surface area contributed by atoms with Crippen LogP contribution < -0.4 is 15.4 Å². The van der Waals surface area contributed by atoms with Crippen molar-refractivity contribution in [1.82, 2.24) is 5.32 Å². The van der Waals surface area contributed by atoms with Crippen LogP contribution in [0.1, 0.15) is 31.0 Å². The first kappa shape index (κ1) is 17.5. The average Bonchev–Trinajstić information content (AvgIpc) is 2.61. The summed E-state index contributed by atoms with van der Waals surface area (Å²) in [5, 5.41) is 15.1. The molecule has 2 aromatic carbocycles. The molecule has 2 rings (SSSR count). The fraction of sp³-hybridized carbons (Fsp3) is 0.263. The van der Waals surface area contributed by atoms with Crippen LogP contribution in [0.4, 0.5) is 5.69 Å². The van der Waals surface area contributed by atoms with Crippen molar-refractivity contribution in [3.05, 3.63) is 59.7 Å². The summed E-state index contributed by atoms with van der Waals surface area (Å²) in [6.07, 6.45) is 0. The van der Waals surface area contributed by atoms with E-state index >= 15 is 0 Å². The van der Waals surface area contributed by atoms with Crippen LogP contribution in [-0.4, -0.2) is 19.1 Å². The zero-order valence-electron chi connectivity index (χ0n) is 14.0. The average molecular weight is 323 g/mol. The fourth-order valence-electron chi connectivity index (χ4n) is 2.50. The van der Waals surface area contributed by atoms with Crippen molar-refractivity contribution in [2.45, 2.75) is 25.9 Å². The number of hydrogen-bond acceptors (Lipinski definition) is 4. The molecule has 2 N–H and O–H groups in total. The van der Waals surface area contributed by atoms with Gasteiger partial charge in [-0.15, -0.1) is 0 Å². The summed E-state index contributed by atoms with van der Waals surface area (Å²) < 4.78 is 5.36. The van der Waals surface area contributed by atoms with Gasteiger partial charge in [0.1, 0.15) is 11.8 Å². The number of benzene rings is 2. The molecule has 24 heavy (non-hydrogen) atoms. The number of nitrogens with zero attached hydrogens (tertiary/aromatic N) is 1. The van der Waals surface area contributed by atoms with E-state index in [1.54, 1.807) is 38.3 Å². The van der Waals surface area contributed by atoms with Gasteiger partial charge in [-0.25, -0.2) is 0 Å². The minimum Gasteiger partial charge on any atom is -0.496 e. The zero-order chi connectivity index (χ0) is 17.5. The summed E-state index contributed by atoms with van der Waals surface area (Å²) in [5.41, 5.74) is 1.94. The number of rotatable bonds is 6. The first-order chi connectivity index (χ1) is 11.6. The number of anilines is 1. The Hall–Kier alpha value is -2.84. The molecule has 0 saturated heterocycles. The van der Waals surface area contributed by atoms with Crippen LogP contribution in [-0.2, 0) is 4.79 Å². The third kappa shape index (κ3) is 4.12. The standard InChI is InChI=1S/C19H21N3O2/c1-13(16-9-5-7-11-18(16)24-3)21-14(2)19(23)22-17-10-6-4-8-15(17)12-20/h4-11,13-14,21H,1-3H3,(H,22,23). The summed E-state index contributed by atoms with van der Waals surface area (Å²) in [7, 11) is 1.63. The highest BCUT2D eigenvalue weighted by Crippen LogP contribution is 2.24. The lowest BCUT2D eigenvalue weighted by atomic mass is 10.1. The number of methoxy groups -OCH3 is 1. The Morgan fingerprint density at radius 2 is 1.79 bits per heavy atom. The maximum atomic E-state index is 12.4. The molecule has 2 unspecified atom stereocenters. The van der Waals surface area contributed by atoms with Crippen LogP contribution in [0.3, 0.4) is 0 Å². The van der Waals surface area contributed by atoms with E-state index in [0.29, 0.717) is 11.3 Å². The molecule has 0 aliphatic heterocycles. The van der Waals surface area contributed by atoms with Gasteiger partial charge in [0.25, 0.3) is 0 Å². The monoisotopic (exact) mass is 323 g/mol. The lowest BCUT2D eigenvalue weighted by Gasteiger charge is -2.21. The first-order valence-electron chi connectivity index (χ1n) is 7.75. The van der Waals surface area contributed by atoms with Gasteiger partial charge >= 0.3 is 0 Å². The third-order valence-corrected chi connectivity index (χ3v) is 3.80. The minimum absolute atomic E-state index is 0.0619. The molecule has 0 spiro atoms. The number of nitrogens with one attached hydrogen (secondary N) is 2. The van der Waals surface area contributed by atoms with Gasteiger partial charge in [-0.1, -0.05) is 30.3 Å². The molecule has 0 fully saturated rings. The van der Waals surface area contributed by atoms with Gasteiger partial charge in [-0.3, -0.25) is 10.1 Å². The van der Waals surface area contributed by atoms with Gasteiger partial charge in [0, 0.05) is 11.6 Å². The van der Waals surface area contributed by atoms with Crippen molar-refractivity contribution in [2.75, 3.05) is 12.4 Å². The zero-order valence-corrected chi connectivity index (χ0v) is 14.0. The predicted molar refractivity (Wildman–Crippen MR) is 93.8 cm³/mol. The second-order valence-electron chi connectivity index (χ2n) is 5.50. The van der Waals surface area contributed by atoms with E-state index in [0.717, 1.165) is 11.3 Å². The highest BCUT2D eigenvalue weighted by molar-refractivity contribution is 5.95. The van der Waals surface area contributed by atoms with E-state index < -0.39 is 6.04 Å². The molecule has 0 bridgehead atoms. The lowest BCUT2D eigenvalue weighted by Crippen LogP contribution is -2.39. The molecule has 5 heteroatoms. The first-order valence-corrected chi connectivity index (χ1v) is 7.75. The van der Waals surface area contributed by atoms with Crippen molar-refractivity contribution in [3.63, 3.8) is 0 Å². The maximum Gasteiger partial charge on any atom is 0.241 e. The highest BCUT2D eigenvalue weighted by atomic mass is 16.5. The summed E-state index contributed by atoms with van der Waals surface area (Å²) in [6, 6.07) is 16.2. The van der Waals surface area contributed by atoms with E-state index in [4.69, 9.17) is 10.00 Å². The van der Waals surface area contributed by atoms with Crippen LogP contribution in [0, 0.1) is 11.3 Å². The number of para-hydroxylation sites is 2. The Balaban J connectivity index is 2.05. The minimum atomic E-state index is -0.434. The lowest BCUT2D eigenvalue weighted by molar-refractivity contribution is -0.117. The summed E-state index contributed by atoms with van der Waals surface area (Å²) in [5.74, 6) is 0.583. The van der Waals surface area contributed by atoms with Gasteiger partial charge < -0.3 is 10.1 Å². The molecule has 0 aromatic heterocycles. The number of amides is 1. The van der Waals surface area contributed by atoms with Gasteiger partial charge in [0.15, 0.2) is 0 Å². The van der Waals surface area contributed by atoms with Crippen LogP contribution >= 0.6 is 0 Å². The smallest absolute Gasteiger partial charge is 0.241 e.